The number of nitrogens with one attached hydrogen (secondary N) is 2. The molecule has 5 nitrogen and oxygen atoms in total. The first-order valence-corrected chi connectivity index (χ1v) is 5.11. The molecule has 1 saturated heterocycles. The summed E-state index contributed by atoms with van der Waals surface area (Å²) in [5.41, 5.74) is 2.42. The van der Waals surface area contributed by atoms with Gasteiger partial charge in [0.2, 0.25) is 0 Å². The predicted molar refractivity (Wildman–Crippen MR) is 56.8 cm³/mol. The summed E-state index contributed by atoms with van der Waals surface area (Å²) in [6.07, 6.45) is 0. The fourth-order valence-corrected chi connectivity index (χ4v) is 1.75. The van der Waals surface area contributed by atoms with Gasteiger partial charge in [-0.3, -0.25) is 9.48 Å². The topological polar surface area (TPSA) is 59.0 Å². The fraction of sp³-hybridized carbons (Fsp3) is 0.600. The van der Waals surface area contributed by atoms with Gasteiger partial charge in [0.1, 0.15) is 0 Å². The van der Waals surface area contributed by atoms with Gasteiger partial charge in [0.05, 0.1) is 17.3 Å². The van der Waals surface area contributed by atoms with Crippen LogP contribution in [0.25, 0.3) is 0 Å². The van der Waals surface area contributed by atoms with E-state index in [1.54, 1.807) is 4.68 Å². The SMILES string of the molecule is Cc1nn(C)c(C)c1C(=O)NC1CNC1. The molecule has 1 aromatic heterocycles. The van der Waals surface area contributed by atoms with Gasteiger partial charge in [-0.05, 0) is 13.8 Å². The van der Waals surface area contributed by atoms with Gasteiger partial charge < -0.3 is 10.6 Å². The fourth-order valence-electron chi connectivity index (χ4n) is 1.75. The lowest BCUT2D eigenvalue weighted by molar-refractivity contribution is 0.0922. The minimum atomic E-state index is -0.00963. The summed E-state index contributed by atoms with van der Waals surface area (Å²) >= 11 is 0. The molecule has 82 valence electrons. The van der Waals surface area contributed by atoms with Gasteiger partial charge in [0.15, 0.2) is 0 Å². The summed E-state index contributed by atoms with van der Waals surface area (Å²) in [6.45, 7) is 5.50. The Morgan fingerprint density at radius 2 is 2.20 bits per heavy atom. The van der Waals surface area contributed by atoms with E-state index in [-0.39, 0.29) is 11.9 Å². The number of hydrogen-bond acceptors (Lipinski definition) is 3. The summed E-state index contributed by atoms with van der Waals surface area (Å²) in [5.74, 6) is -0.00963. The van der Waals surface area contributed by atoms with Crippen molar-refractivity contribution in [3.63, 3.8) is 0 Å². The van der Waals surface area contributed by atoms with Crippen LogP contribution in [0.1, 0.15) is 21.7 Å². The van der Waals surface area contributed by atoms with E-state index in [1.165, 1.54) is 0 Å². The summed E-state index contributed by atoms with van der Waals surface area (Å²) in [6, 6.07) is 0.275. The molecule has 0 unspecified atom stereocenters. The predicted octanol–water partition coefficient (Wildman–Crippen LogP) is -0.261. The standard InChI is InChI=1S/C10H16N4O/c1-6-9(7(2)14(3)13-6)10(15)12-8-4-11-5-8/h8,11H,4-5H2,1-3H3,(H,12,15). The largest absolute Gasteiger partial charge is 0.347 e. The second-order valence-electron chi connectivity index (χ2n) is 4.00. The van der Waals surface area contributed by atoms with Gasteiger partial charge in [-0.1, -0.05) is 0 Å². The molecular formula is C10H16N4O. The van der Waals surface area contributed by atoms with Crippen LogP contribution in [0, 0.1) is 13.8 Å². The van der Waals surface area contributed by atoms with Crippen molar-refractivity contribution in [2.45, 2.75) is 19.9 Å². The van der Waals surface area contributed by atoms with Crippen molar-refractivity contribution < 1.29 is 4.79 Å². The van der Waals surface area contributed by atoms with Gasteiger partial charge >= 0.3 is 0 Å². The molecule has 2 heterocycles. The number of carbonyl (C=O) groups is 1. The molecule has 0 atom stereocenters. The molecule has 0 aliphatic carbocycles. The van der Waals surface area contributed by atoms with E-state index < -0.39 is 0 Å². The van der Waals surface area contributed by atoms with Crippen molar-refractivity contribution in [3.8, 4) is 0 Å². The van der Waals surface area contributed by atoms with E-state index >= 15 is 0 Å². The number of carbonyl (C=O) groups excluding carboxylic acids is 1. The first-order chi connectivity index (χ1) is 7.09. The third kappa shape index (κ3) is 1.74. The highest BCUT2D eigenvalue weighted by molar-refractivity contribution is 5.96. The zero-order valence-corrected chi connectivity index (χ0v) is 9.29. The first kappa shape index (κ1) is 10.2. The molecule has 2 rings (SSSR count). The lowest BCUT2D eigenvalue weighted by Gasteiger charge is -2.27. The normalized spacial score (nSPS) is 16.2. The molecule has 1 amide bonds. The van der Waals surface area contributed by atoms with Gasteiger partial charge in [-0.15, -0.1) is 0 Å². The minimum Gasteiger partial charge on any atom is -0.347 e. The Labute approximate surface area is 88.8 Å². The Morgan fingerprint density at radius 1 is 1.53 bits per heavy atom. The number of nitrogens with zero attached hydrogens (tertiary/aromatic N) is 2. The maximum Gasteiger partial charge on any atom is 0.255 e. The van der Waals surface area contributed by atoms with Crippen LogP contribution in [0.4, 0.5) is 0 Å². The highest BCUT2D eigenvalue weighted by atomic mass is 16.1. The second-order valence-corrected chi connectivity index (χ2v) is 4.00. The lowest BCUT2D eigenvalue weighted by atomic mass is 10.1. The Bertz CT molecular complexity index is 392. The maximum absolute atomic E-state index is 11.9. The van der Waals surface area contributed by atoms with Gasteiger partial charge in [0, 0.05) is 25.8 Å². The van der Waals surface area contributed by atoms with E-state index in [0.29, 0.717) is 5.56 Å². The van der Waals surface area contributed by atoms with E-state index in [4.69, 9.17) is 0 Å². The molecule has 1 aliphatic heterocycles. The van der Waals surface area contributed by atoms with Gasteiger partial charge in [-0.25, -0.2) is 0 Å². The van der Waals surface area contributed by atoms with Crippen molar-refractivity contribution in [3.05, 3.63) is 17.0 Å². The molecule has 0 radical (unpaired) electrons. The Balaban J connectivity index is 2.16. The van der Waals surface area contributed by atoms with Crippen LogP contribution in [-0.2, 0) is 7.05 Å². The molecule has 0 saturated carbocycles. The lowest BCUT2D eigenvalue weighted by Crippen LogP contribution is -2.57. The summed E-state index contributed by atoms with van der Waals surface area (Å²) < 4.78 is 1.74. The van der Waals surface area contributed by atoms with Crippen LogP contribution < -0.4 is 10.6 Å². The molecule has 5 heteroatoms. The number of rotatable bonds is 2. The monoisotopic (exact) mass is 208 g/mol. The smallest absolute Gasteiger partial charge is 0.255 e. The minimum absolute atomic E-state index is 0.00963. The molecule has 0 aromatic carbocycles. The quantitative estimate of drug-likeness (QED) is 0.704. The van der Waals surface area contributed by atoms with Crippen LogP contribution >= 0.6 is 0 Å². The average molecular weight is 208 g/mol. The summed E-state index contributed by atoms with van der Waals surface area (Å²) in [4.78, 5) is 11.9. The molecule has 0 bridgehead atoms. The maximum atomic E-state index is 11.9. The third-order valence-electron chi connectivity index (χ3n) is 2.85. The van der Waals surface area contributed by atoms with E-state index in [9.17, 15) is 4.79 Å². The van der Waals surface area contributed by atoms with Crippen LogP contribution in [0.2, 0.25) is 0 Å². The summed E-state index contributed by atoms with van der Waals surface area (Å²) in [7, 11) is 1.85. The molecule has 15 heavy (non-hydrogen) atoms. The Morgan fingerprint density at radius 3 is 2.60 bits per heavy atom. The zero-order valence-electron chi connectivity index (χ0n) is 9.29. The number of aryl methyl sites for hydroxylation is 2. The van der Waals surface area contributed by atoms with E-state index in [0.717, 1.165) is 24.5 Å². The Hall–Kier alpha value is -1.36. The summed E-state index contributed by atoms with van der Waals surface area (Å²) in [5, 5.41) is 10.3. The van der Waals surface area contributed by atoms with Crippen LogP contribution in [0.5, 0.6) is 0 Å². The van der Waals surface area contributed by atoms with Crippen molar-refractivity contribution in [1.82, 2.24) is 20.4 Å². The molecule has 1 aromatic rings. The Kier molecular flexibility index (Phi) is 2.48. The van der Waals surface area contributed by atoms with Gasteiger partial charge in [-0.2, -0.15) is 5.10 Å². The number of hydrogen-bond donors (Lipinski definition) is 2. The van der Waals surface area contributed by atoms with Crippen LogP contribution in [0.3, 0.4) is 0 Å². The second kappa shape index (κ2) is 3.66. The van der Waals surface area contributed by atoms with Crippen LogP contribution in [-0.4, -0.2) is 34.8 Å². The van der Waals surface area contributed by atoms with Crippen molar-refractivity contribution in [2.24, 2.45) is 7.05 Å². The third-order valence-corrected chi connectivity index (χ3v) is 2.85. The number of amides is 1. The molecule has 1 fully saturated rings. The number of aromatic nitrogens is 2. The molecule has 1 aliphatic rings. The molecular weight excluding hydrogens is 192 g/mol. The van der Waals surface area contributed by atoms with Crippen LogP contribution in [0.15, 0.2) is 0 Å². The highest BCUT2D eigenvalue weighted by Crippen LogP contribution is 2.11. The highest BCUT2D eigenvalue weighted by Gasteiger charge is 2.23. The van der Waals surface area contributed by atoms with Crippen molar-refractivity contribution >= 4 is 5.91 Å². The van der Waals surface area contributed by atoms with Gasteiger partial charge in [0.25, 0.3) is 5.91 Å². The van der Waals surface area contributed by atoms with E-state index in [1.807, 2.05) is 20.9 Å². The first-order valence-electron chi connectivity index (χ1n) is 5.11. The van der Waals surface area contributed by atoms with Crippen molar-refractivity contribution in [1.29, 1.82) is 0 Å². The molecule has 2 N–H and O–H groups in total. The molecule has 0 spiro atoms. The van der Waals surface area contributed by atoms with E-state index in [2.05, 4.69) is 15.7 Å². The van der Waals surface area contributed by atoms with Crippen molar-refractivity contribution in [2.75, 3.05) is 13.1 Å². The zero-order chi connectivity index (χ0) is 11.0. The average Bonchev–Trinajstić information content (AvgIpc) is 2.34.